The van der Waals surface area contributed by atoms with Gasteiger partial charge in [0, 0.05) is 0 Å². The maximum Gasteiger partial charge on any atom is 0.433 e. The monoisotopic (exact) mass is 355 g/mol. The van der Waals surface area contributed by atoms with Crippen LogP contribution in [0, 0.1) is 20.2 Å². The Hall–Kier alpha value is -4.15. The second-order valence-corrected chi connectivity index (χ2v) is 4.74. The molecule has 0 aliphatic carbocycles. The normalized spacial score (nSPS) is 11.4. The third kappa shape index (κ3) is 4.03. The quantitative estimate of drug-likeness (QED) is 0.372. The number of hydrogen-bond acceptors (Lipinski definition) is 9. The number of rotatable bonds is 6. The van der Waals surface area contributed by atoms with Crippen LogP contribution in [0.1, 0.15) is 11.5 Å². The maximum absolute atomic E-state index is 10.6. The Morgan fingerprint density at radius 2 is 1.27 bits per heavy atom. The van der Waals surface area contributed by atoms with Crippen molar-refractivity contribution in [1.29, 1.82) is 0 Å². The SMILES string of the molecule is O=[N+]([O-])c1ccc(C=Nc2cccc(N=Cc3ccc([N+](=O)[O-])o3)n2)o1. The number of pyridine rings is 1. The van der Waals surface area contributed by atoms with Gasteiger partial charge >= 0.3 is 11.8 Å². The second-order valence-electron chi connectivity index (χ2n) is 4.74. The Morgan fingerprint density at radius 3 is 1.65 bits per heavy atom. The van der Waals surface area contributed by atoms with Gasteiger partial charge in [0.05, 0.1) is 24.6 Å². The Labute approximate surface area is 144 Å². The van der Waals surface area contributed by atoms with Gasteiger partial charge in [-0.3, -0.25) is 20.2 Å². The zero-order chi connectivity index (χ0) is 18.5. The van der Waals surface area contributed by atoms with Crippen LogP contribution in [0.3, 0.4) is 0 Å². The van der Waals surface area contributed by atoms with Crippen molar-refractivity contribution in [3.63, 3.8) is 0 Å². The standard InChI is InChI=1S/C15H9N5O6/c21-19(22)14-6-4-10(25-14)8-16-12-2-1-3-13(18-12)17-9-11-5-7-15(26-11)20(23)24/h1-9H. The molecule has 0 aromatic carbocycles. The molecule has 0 atom stereocenters. The van der Waals surface area contributed by atoms with Gasteiger partial charge in [-0.15, -0.1) is 0 Å². The molecule has 0 radical (unpaired) electrons. The van der Waals surface area contributed by atoms with Crippen molar-refractivity contribution >= 4 is 35.8 Å². The van der Waals surface area contributed by atoms with Crippen molar-refractivity contribution in [2.75, 3.05) is 0 Å². The summed E-state index contributed by atoms with van der Waals surface area (Å²) < 4.78 is 9.90. The van der Waals surface area contributed by atoms with E-state index in [0.29, 0.717) is 11.6 Å². The fourth-order valence-corrected chi connectivity index (χ4v) is 1.83. The van der Waals surface area contributed by atoms with Gasteiger partial charge in [0.15, 0.2) is 23.2 Å². The van der Waals surface area contributed by atoms with Gasteiger partial charge in [-0.1, -0.05) is 6.07 Å². The molecule has 0 spiro atoms. The molecule has 0 aliphatic heterocycles. The molecule has 0 saturated carbocycles. The van der Waals surface area contributed by atoms with E-state index in [1.807, 2.05) is 0 Å². The van der Waals surface area contributed by atoms with E-state index in [4.69, 9.17) is 8.83 Å². The molecule has 0 unspecified atom stereocenters. The summed E-state index contributed by atoms with van der Waals surface area (Å²) in [6, 6.07) is 10.1. The molecule has 3 heterocycles. The molecule has 3 aromatic rings. The largest absolute Gasteiger partial charge is 0.433 e. The lowest BCUT2D eigenvalue weighted by Crippen LogP contribution is -1.83. The van der Waals surface area contributed by atoms with Crippen molar-refractivity contribution in [2.24, 2.45) is 9.98 Å². The highest BCUT2D eigenvalue weighted by molar-refractivity contribution is 5.79. The van der Waals surface area contributed by atoms with Crippen LogP contribution in [0.2, 0.25) is 0 Å². The van der Waals surface area contributed by atoms with E-state index in [2.05, 4.69) is 15.0 Å². The molecule has 11 heteroatoms. The molecule has 3 aromatic heterocycles. The Balaban J connectivity index is 1.72. The van der Waals surface area contributed by atoms with Crippen LogP contribution in [0.4, 0.5) is 23.4 Å². The van der Waals surface area contributed by atoms with E-state index in [0.717, 1.165) is 0 Å². The van der Waals surface area contributed by atoms with Gasteiger partial charge in [-0.2, -0.15) is 0 Å². The van der Waals surface area contributed by atoms with Crippen LogP contribution in [0.15, 0.2) is 61.3 Å². The molecule has 11 nitrogen and oxygen atoms in total. The first-order chi connectivity index (χ1) is 12.5. The zero-order valence-electron chi connectivity index (χ0n) is 12.9. The summed E-state index contributed by atoms with van der Waals surface area (Å²) in [6.07, 6.45) is 2.58. The third-order valence-corrected chi connectivity index (χ3v) is 2.95. The molecule has 0 amide bonds. The molecule has 0 saturated heterocycles. The summed E-state index contributed by atoms with van der Waals surface area (Å²) in [7, 11) is 0. The fourth-order valence-electron chi connectivity index (χ4n) is 1.83. The summed E-state index contributed by atoms with van der Waals surface area (Å²) >= 11 is 0. The van der Waals surface area contributed by atoms with Gasteiger partial charge < -0.3 is 8.83 Å². The number of furan rings is 2. The Bertz CT molecular complexity index is 941. The average molecular weight is 355 g/mol. The molecule has 0 aliphatic rings. The van der Waals surface area contributed by atoms with E-state index < -0.39 is 9.85 Å². The Morgan fingerprint density at radius 1 is 0.808 bits per heavy atom. The summed E-state index contributed by atoms with van der Waals surface area (Å²) in [5.41, 5.74) is 0. The molecule has 130 valence electrons. The van der Waals surface area contributed by atoms with Gasteiger partial charge in [0.1, 0.15) is 9.85 Å². The van der Waals surface area contributed by atoms with Crippen LogP contribution < -0.4 is 0 Å². The third-order valence-electron chi connectivity index (χ3n) is 2.95. The van der Waals surface area contributed by atoms with Crippen molar-refractivity contribution in [2.45, 2.75) is 0 Å². The minimum atomic E-state index is -0.649. The van der Waals surface area contributed by atoms with Crippen LogP contribution >= 0.6 is 0 Å². The van der Waals surface area contributed by atoms with E-state index in [-0.39, 0.29) is 23.3 Å². The predicted molar refractivity (Wildman–Crippen MR) is 89.5 cm³/mol. The minimum Gasteiger partial charge on any atom is -0.400 e. The average Bonchev–Trinajstić information content (AvgIpc) is 3.28. The molecule has 26 heavy (non-hydrogen) atoms. The van der Waals surface area contributed by atoms with Crippen LogP contribution in [0.5, 0.6) is 0 Å². The lowest BCUT2D eigenvalue weighted by molar-refractivity contribution is -0.402. The molecule has 0 N–H and O–H groups in total. The van der Waals surface area contributed by atoms with Crippen molar-refractivity contribution in [3.05, 3.63) is 74.2 Å². The fraction of sp³-hybridized carbons (Fsp3) is 0. The van der Waals surface area contributed by atoms with Crippen LogP contribution in [-0.2, 0) is 0 Å². The highest BCUT2D eigenvalue weighted by Crippen LogP contribution is 2.18. The van der Waals surface area contributed by atoms with E-state index in [1.54, 1.807) is 18.2 Å². The lowest BCUT2D eigenvalue weighted by Gasteiger charge is -1.94. The van der Waals surface area contributed by atoms with E-state index >= 15 is 0 Å². The first-order valence-electron chi connectivity index (χ1n) is 7.05. The van der Waals surface area contributed by atoms with Gasteiger partial charge in [-0.05, 0) is 24.3 Å². The number of nitrogens with zero attached hydrogens (tertiary/aromatic N) is 5. The summed E-state index contributed by atoms with van der Waals surface area (Å²) in [4.78, 5) is 32.1. The first-order valence-corrected chi connectivity index (χ1v) is 7.05. The van der Waals surface area contributed by atoms with Gasteiger partial charge in [0.2, 0.25) is 0 Å². The van der Waals surface area contributed by atoms with Crippen LogP contribution in [0.25, 0.3) is 0 Å². The number of hydrogen-bond donors (Lipinski definition) is 0. The van der Waals surface area contributed by atoms with Crippen LogP contribution in [-0.4, -0.2) is 27.3 Å². The van der Waals surface area contributed by atoms with Crippen molar-refractivity contribution in [3.8, 4) is 0 Å². The highest BCUT2D eigenvalue weighted by atomic mass is 16.7. The minimum absolute atomic E-state index is 0.204. The smallest absolute Gasteiger partial charge is 0.400 e. The zero-order valence-corrected chi connectivity index (χ0v) is 12.9. The molecule has 3 rings (SSSR count). The first kappa shape index (κ1) is 16.7. The van der Waals surface area contributed by atoms with E-state index in [9.17, 15) is 20.2 Å². The summed E-state index contributed by atoms with van der Waals surface area (Å²) in [5.74, 6) is 0.231. The van der Waals surface area contributed by atoms with Crippen molar-refractivity contribution in [1.82, 2.24) is 4.98 Å². The molecule has 0 fully saturated rings. The van der Waals surface area contributed by atoms with Gasteiger partial charge in [-0.25, -0.2) is 15.0 Å². The highest BCUT2D eigenvalue weighted by Gasteiger charge is 2.11. The van der Waals surface area contributed by atoms with Gasteiger partial charge in [0.25, 0.3) is 0 Å². The summed E-state index contributed by atoms with van der Waals surface area (Å²) in [6.45, 7) is 0. The number of aromatic nitrogens is 1. The lowest BCUT2D eigenvalue weighted by atomic mass is 10.4. The molecule has 0 bridgehead atoms. The summed E-state index contributed by atoms with van der Waals surface area (Å²) in [5, 5.41) is 21.1. The number of nitro groups is 2. The van der Waals surface area contributed by atoms with E-state index in [1.165, 1.54) is 36.7 Å². The van der Waals surface area contributed by atoms with Crippen molar-refractivity contribution < 1.29 is 18.7 Å². The predicted octanol–water partition coefficient (Wildman–Crippen LogP) is 3.59. The number of aliphatic imine (C=N–C) groups is 2. The molecular weight excluding hydrogens is 346 g/mol. The Kier molecular flexibility index (Phi) is 4.60. The topological polar surface area (TPSA) is 150 Å². The maximum atomic E-state index is 10.6. The molecular formula is C15H9N5O6. The second kappa shape index (κ2) is 7.17.